The Labute approximate surface area is 92.7 Å². The smallest absolute Gasteiger partial charge is 0.203 e. The molecule has 1 aliphatic rings. The van der Waals surface area contributed by atoms with Crippen LogP contribution >= 0.6 is 0 Å². The summed E-state index contributed by atoms with van der Waals surface area (Å²) in [6, 6.07) is 0. The van der Waals surface area contributed by atoms with Crippen LogP contribution in [0.4, 0.5) is 5.82 Å². The number of nitrogens with one attached hydrogen (secondary N) is 1. The van der Waals surface area contributed by atoms with Crippen LogP contribution in [0.3, 0.4) is 0 Å². The maximum atomic E-state index is 5.32. The third-order valence-electron chi connectivity index (χ3n) is 2.80. The van der Waals surface area contributed by atoms with E-state index in [1.165, 1.54) is 0 Å². The van der Waals surface area contributed by atoms with Gasteiger partial charge in [-0.25, -0.2) is 4.98 Å². The lowest BCUT2D eigenvalue weighted by atomic mass is 10.1. The first-order valence-electron chi connectivity index (χ1n) is 5.39. The number of hydrogen-bond donors (Lipinski definition) is 1. The standard InChI is InChI=1S/C10H13N5O/c1-4-16-6-8(1)5-12-9-10-14-13-7-15(10)3-2-11-9/h2-3,7-8H,1,4-6H2,(H,11,12). The molecule has 1 saturated heterocycles. The van der Waals surface area contributed by atoms with E-state index in [4.69, 9.17) is 4.74 Å². The zero-order valence-corrected chi connectivity index (χ0v) is 8.83. The minimum atomic E-state index is 0.574. The highest BCUT2D eigenvalue weighted by Gasteiger charge is 2.16. The van der Waals surface area contributed by atoms with Gasteiger partial charge in [0.05, 0.1) is 6.61 Å². The molecule has 16 heavy (non-hydrogen) atoms. The Hall–Kier alpha value is -1.69. The van der Waals surface area contributed by atoms with Crippen LogP contribution in [0, 0.1) is 5.92 Å². The predicted octanol–water partition coefficient (Wildman–Crippen LogP) is 0.573. The lowest BCUT2D eigenvalue weighted by Crippen LogP contribution is -2.15. The third-order valence-corrected chi connectivity index (χ3v) is 2.80. The van der Waals surface area contributed by atoms with Gasteiger partial charge in [-0.15, -0.1) is 10.2 Å². The molecule has 0 aromatic carbocycles. The fourth-order valence-corrected chi connectivity index (χ4v) is 1.87. The van der Waals surface area contributed by atoms with Crippen molar-refractivity contribution in [2.24, 2.45) is 5.92 Å². The maximum absolute atomic E-state index is 5.32. The summed E-state index contributed by atoms with van der Waals surface area (Å²) in [5.74, 6) is 1.36. The summed E-state index contributed by atoms with van der Waals surface area (Å²) in [5, 5.41) is 11.2. The van der Waals surface area contributed by atoms with E-state index in [0.717, 1.165) is 37.6 Å². The van der Waals surface area contributed by atoms with Crippen molar-refractivity contribution in [2.45, 2.75) is 6.42 Å². The van der Waals surface area contributed by atoms with Crippen molar-refractivity contribution in [3.05, 3.63) is 18.7 Å². The molecule has 1 unspecified atom stereocenters. The van der Waals surface area contributed by atoms with Gasteiger partial charge in [-0.2, -0.15) is 0 Å². The van der Waals surface area contributed by atoms with Gasteiger partial charge in [-0.3, -0.25) is 4.40 Å². The Morgan fingerprint density at radius 3 is 3.44 bits per heavy atom. The number of rotatable bonds is 3. The van der Waals surface area contributed by atoms with Crippen LogP contribution in [0.1, 0.15) is 6.42 Å². The molecule has 0 spiro atoms. The van der Waals surface area contributed by atoms with E-state index in [1.807, 2.05) is 10.6 Å². The van der Waals surface area contributed by atoms with Crippen molar-refractivity contribution in [3.63, 3.8) is 0 Å². The van der Waals surface area contributed by atoms with Crippen molar-refractivity contribution in [1.82, 2.24) is 19.6 Å². The SMILES string of the molecule is c1cn2cnnc2c(NCC2CCOC2)n1. The molecule has 3 rings (SSSR count). The Morgan fingerprint density at radius 2 is 2.56 bits per heavy atom. The lowest BCUT2D eigenvalue weighted by Gasteiger charge is -2.09. The number of aromatic nitrogens is 4. The molecular formula is C10H13N5O. The normalized spacial score (nSPS) is 20.4. The molecule has 0 amide bonds. The van der Waals surface area contributed by atoms with Crippen LogP contribution in [0.25, 0.3) is 5.65 Å². The molecule has 0 bridgehead atoms. The first-order valence-corrected chi connectivity index (χ1v) is 5.39. The van der Waals surface area contributed by atoms with Gasteiger partial charge in [0, 0.05) is 31.5 Å². The minimum Gasteiger partial charge on any atom is -0.381 e. The number of anilines is 1. The fourth-order valence-electron chi connectivity index (χ4n) is 1.87. The molecule has 0 aliphatic carbocycles. The first kappa shape index (κ1) is 9.53. The summed E-state index contributed by atoms with van der Waals surface area (Å²) in [7, 11) is 0. The van der Waals surface area contributed by atoms with Crippen LogP contribution in [-0.2, 0) is 4.74 Å². The highest BCUT2D eigenvalue weighted by molar-refractivity contribution is 5.61. The molecule has 2 aromatic heterocycles. The van der Waals surface area contributed by atoms with E-state index in [-0.39, 0.29) is 0 Å². The van der Waals surface area contributed by atoms with Crippen molar-refractivity contribution in [1.29, 1.82) is 0 Å². The van der Waals surface area contributed by atoms with Gasteiger partial charge in [0.1, 0.15) is 6.33 Å². The van der Waals surface area contributed by atoms with Crippen molar-refractivity contribution >= 4 is 11.5 Å². The van der Waals surface area contributed by atoms with Crippen LogP contribution in [0.2, 0.25) is 0 Å². The molecule has 1 N–H and O–H groups in total. The molecule has 3 heterocycles. The molecular weight excluding hydrogens is 206 g/mol. The molecule has 84 valence electrons. The second-order valence-corrected chi connectivity index (χ2v) is 3.95. The largest absolute Gasteiger partial charge is 0.381 e. The topological polar surface area (TPSA) is 64.3 Å². The van der Waals surface area contributed by atoms with Crippen LogP contribution < -0.4 is 5.32 Å². The third kappa shape index (κ3) is 1.71. The van der Waals surface area contributed by atoms with Crippen molar-refractivity contribution < 1.29 is 4.74 Å². The van der Waals surface area contributed by atoms with E-state index in [2.05, 4.69) is 20.5 Å². The molecule has 1 fully saturated rings. The van der Waals surface area contributed by atoms with Crippen molar-refractivity contribution in [3.8, 4) is 0 Å². The van der Waals surface area contributed by atoms with Gasteiger partial charge in [0.25, 0.3) is 0 Å². The van der Waals surface area contributed by atoms with E-state index < -0.39 is 0 Å². The lowest BCUT2D eigenvalue weighted by molar-refractivity contribution is 0.187. The van der Waals surface area contributed by atoms with E-state index in [0.29, 0.717) is 5.92 Å². The Kier molecular flexibility index (Phi) is 2.41. The van der Waals surface area contributed by atoms with Crippen LogP contribution in [0.5, 0.6) is 0 Å². The average molecular weight is 219 g/mol. The molecule has 6 heteroatoms. The van der Waals surface area contributed by atoms with Gasteiger partial charge < -0.3 is 10.1 Å². The van der Waals surface area contributed by atoms with Gasteiger partial charge >= 0.3 is 0 Å². The van der Waals surface area contributed by atoms with Crippen LogP contribution in [-0.4, -0.2) is 39.3 Å². The molecule has 1 atom stereocenters. The Morgan fingerprint density at radius 1 is 1.56 bits per heavy atom. The average Bonchev–Trinajstić information content (AvgIpc) is 2.97. The molecule has 2 aromatic rings. The van der Waals surface area contributed by atoms with Gasteiger partial charge in [0.15, 0.2) is 5.82 Å². The monoisotopic (exact) mass is 219 g/mol. The zero-order valence-electron chi connectivity index (χ0n) is 8.83. The molecule has 0 saturated carbocycles. The summed E-state index contributed by atoms with van der Waals surface area (Å²) < 4.78 is 7.17. The minimum absolute atomic E-state index is 0.574. The second kappa shape index (κ2) is 4.05. The van der Waals surface area contributed by atoms with E-state index in [9.17, 15) is 0 Å². The van der Waals surface area contributed by atoms with Crippen molar-refractivity contribution in [2.75, 3.05) is 25.1 Å². The summed E-state index contributed by atoms with van der Waals surface area (Å²) >= 11 is 0. The summed E-state index contributed by atoms with van der Waals surface area (Å²) in [5.41, 5.74) is 0.765. The number of nitrogens with zero attached hydrogens (tertiary/aromatic N) is 4. The number of ether oxygens (including phenoxy) is 1. The van der Waals surface area contributed by atoms with Gasteiger partial charge in [-0.1, -0.05) is 0 Å². The fraction of sp³-hybridized carbons (Fsp3) is 0.500. The van der Waals surface area contributed by atoms with Gasteiger partial charge in [-0.05, 0) is 6.42 Å². The Balaban J connectivity index is 1.75. The Bertz CT molecular complexity index is 477. The molecule has 0 radical (unpaired) electrons. The predicted molar refractivity (Wildman–Crippen MR) is 58.2 cm³/mol. The number of fused-ring (bicyclic) bond motifs is 1. The summed E-state index contributed by atoms with van der Waals surface area (Å²) in [6.45, 7) is 2.58. The van der Waals surface area contributed by atoms with E-state index in [1.54, 1.807) is 12.5 Å². The highest BCUT2D eigenvalue weighted by atomic mass is 16.5. The second-order valence-electron chi connectivity index (χ2n) is 3.95. The number of hydrogen-bond acceptors (Lipinski definition) is 5. The summed E-state index contributed by atoms with van der Waals surface area (Å²) in [4.78, 5) is 4.26. The van der Waals surface area contributed by atoms with E-state index >= 15 is 0 Å². The van der Waals surface area contributed by atoms with Gasteiger partial charge in [0.2, 0.25) is 5.65 Å². The zero-order chi connectivity index (χ0) is 10.8. The highest BCUT2D eigenvalue weighted by Crippen LogP contribution is 2.15. The summed E-state index contributed by atoms with van der Waals surface area (Å²) in [6.07, 6.45) is 6.35. The maximum Gasteiger partial charge on any atom is 0.203 e. The molecule has 1 aliphatic heterocycles. The molecule has 6 nitrogen and oxygen atoms in total. The van der Waals surface area contributed by atoms with Crippen LogP contribution in [0.15, 0.2) is 18.7 Å². The first-order chi connectivity index (χ1) is 7.93. The quantitative estimate of drug-likeness (QED) is 0.817.